The molecule has 132 valence electrons. The van der Waals surface area contributed by atoms with E-state index in [1.54, 1.807) is 17.4 Å². The maximum Gasteiger partial charge on any atom is 0.246 e. The highest BCUT2D eigenvalue weighted by atomic mass is 32.1. The van der Waals surface area contributed by atoms with Crippen molar-refractivity contribution < 1.29 is 9.53 Å². The van der Waals surface area contributed by atoms with Crippen LogP contribution in [0.3, 0.4) is 0 Å². The maximum absolute atomic E-state index is 12.4. The van der Waals surface area contributed by atoms with Crippen LogP contribution in [0.1, 0.15) is 17.4 Å². The Balaban J connectivity index is 1.59. The van der Waals surface area contributed by atoms with Gasteiger partial charge in [0.25, 0.3) is 0 Å². The number of hydrogen-bond acceptors (Lipinski definition) is 4. The van der Waals surface area contributed by atoms with E-state index >= 15 is 0 Å². The summed E-state index contributed by atoms with van der Waals surface area (Å²) in [6, 6.07) is 10.2. The lowest BCUT2D eigenvalue weighted by atomic mass is 10.2. The molecular weight excluding hydrogens is 332 g/mol. The molecule has 2 heterocycles. The lowest BCUT2D eigenvalue weighted by Gasteiger charge is -2.36. The van der Waals surface area contributed by atoms with Crippen LogP contribution in [0.15, 0.2) is 41.8 Å². The molecule has 25 heavy (non-hydrogen) atoms. The first-order valence-electron chi connectivity index (χ1n) is 8.67. The van der Waals surface area contributed by atoms with Gasteiger partial charge in [-0.3, -0.25) is 4.79 Å². The Morgan fingerprint density at radius 2 is 1.96 bits per heavy atom. The van der Waals surface area contributed by atoms with Crippen LogP contribution in [-0.2, 0) is 4.79 Å². The normalized spacial score (nSPS) is 15.0. The molecule has 0 radical (unpaired) electrons. The van der Waals surface area contributed by atoms with Crippen molar-refractivity contribution in [3.8, 4) is 5.75 Å². The summed E-state index contributed by atoms with van der Waals surface area (Å²) in [4.78, 5) is 17.8. The molecule has 3 rings (SSSR count). The van der Waals surface area contributed by atoms with E-state index in [1.807, 2.05) is 41.5 Å². The molecule has 1 saturated heterocycles. The molecule has 0 bridgehead atoms. The molecule has 1 fully saturated rings. The summed E-state index contributed by atoms with van der Waals surface area (Å²) >= 11 is 1.66. The quantitative estimate of drug-likeness (QED) is 0.764. The molecule has 4 nitrogen and oxygen atoms in total. The van der Waals surface area contributed by atoms with Gasteiger partial charge in [0.15, 0.2) is 0 Å². The third-order valence-corrected chi connectivity index (χ3v) is 5.36. The van der Waals surface area contributed by atoms with E-state index in [9.17, 15) is 4.79 Å². The van der Waals surface area contributed by atoms with Crippen LogP contribution in [0, 0.1) is 6.92 Å². The fraction of sp³-hybridized carbons (Fsp3) is 0.350. The summed E-state index contributed by atoms with van der Waals surface area (Å²) < 4.78 is 5.72. The molecule has 1 aromatic carbocycles. The van der Waals surface area contributed by atoms with Crippen molar-refractivity contribution in [2.24, 2.45) is 0 Å². The van der Waals surface area contributed by atoms with E-state index in [-0.39, 0.29) is 5.91 Å². The second-order valence-electron chi connectivity index (χ2n) is 6.01. The highest BCUT2D eigenvalue weighted by molar-refractivity contribution is 7.11. The van der Waals surface area contributed by atoms with Gasteiger partial charge < -0.3 is 14.5 Å². The minimum atomic E-state index is 0.0885. The van der Waals surface area contributed by atoms with Gasteiger partial charge in [-0.15, -0.1) is 11.3 Å². The lowest BCUT2D eigenvalue weighted by molar-refractivity contribution is -0.126. The highest BCUT2D eigenvalue weighted by Gasteiger charge is 2.21. The van der Waals surface area contributed by atoms with Gasteiger partial charge in [0.1, 0.15) is 5.75 Å². The van der Waals surface area contributed by atoms with Crippen molar-refractivity contribution in [3.63, 3.8) is 0 Å². The van der Waals surface area contributed by atoms with Gasteiger partial charge in [-0.25, -0.2) is 0 Å². The third kappa shape index (κ3) is 4.23. The first kappa shape index (κ1) is 17.5. The van der Waals surface area contributed by atoms with E-state index < -0.39 is 0 Å². The minimum Gasteiger partial charge on any atom is -0.492 e. The summed E-state index contributed by atoms with van der Waals surface area (Å²) in [6.45, 7) is 7.82. The smallest absolute Gasteiger partial charge is 0.246 e. The Morgan fingerprint density at radius 3 is 2.64 bits per heavy atom. The second-order valence-corrected chi connectivity index (χ2v) is 6.96. The Labute approximate surface area is 153 Å². The molecule has 0 unspecified atom stereocenters. The lowest BCUT2D eigenvalue weighted by Crippen LogP contribution is -2.48. The van der Waals surface area contributed by atoms with Gasteiger partial charge in [-0.05, 0) is 49.1 Å². The van der Waals surface area contributed by atoms with Crippen LogP contribution in [0.25, 0.3) is 6.08 Å². The third-order valence-electron chi connectivity index (χ3n) is 4.38. The Morgan fingerprint density at radius 1 is 1.20 bits per heavy atom. The van der Waals surface area contributed by atoms with Gasteiger partial charge in [0.05, 0.1) is 12.3 Å². The molecule has 0 aliphatic carbocycles. The summed E-state index contributed by atoms with van der Waals surface area (Å²) in [6.07, 6.45) is 3.63. The summed E-state index contributed by atoms with van der Waals surface area (Å²) in [5, 5.41) is 2.05. The fourth-order valence-corrected chi connectivity index (χ4v) is 3.79. The first-order chi connectivity index (χ1) is 12.2. The van der Waals surface area contributed by atoms with Crippen LogP contribution >= 0.6 is 11.3 Å². The first-order valence-corrected chi connectivity index (χ1v) is 9.55. The number of benzene rings is 1. The molecular formula is C20H24N2O2S. The number of piperazine rings is 1. The summed E-state index contributed by atoms with van der Waals surface area (Å²) in [5.41, 5.74) is 2.33. The van der Waals surface area contributed by atoms with Gasteiger partial charge in [-0.2, -0.15) is 0 Å². The zero-order chi connectivity index (χ0) is 17.6. The number of carbonyl (C=O) groups excluding carboxylic acids is 1. The molecule has 1 amide bonds. The van der Waals surface area contributed by atoms with Crippen LogP contribution in [-0.4, -0.2) is 43.6 Å². The van der Waals surface area contributed by atoms with Gasteiger partial charge in [0, 0.05) is 37.1 Å². The van der Waals surface area contributed by atoms with Crippen molar-refractivity contribution in [2.45, 2.75) is 13.8 Å². The molecule has 0 saturated carbocycles. The van der Waals surface area contributed by atoms with Crippen molar-refractivity contribution in [1.29, 1.82) is 0 Å². The van der Waals surface area contributed by atoms with Crippen LogP contribution in [0.4, 0.5) is 5.69 Å². The van der Waals surface area contributed by atoms with Crippen LogP contribution in [0.2, 0.25) is 0 Å². The number of amides is 1. The van der Waals surface area contributed by atoms with E-state index in [2.05, 4.69) is 24.0 Å². The predicted molar refractivity (Wildman–Crippen MR) is 104 cm³/mol. The van der Waals surface area contributed by atoms with Crippen molar-refractivity contribution >= 4 is 29.0 Å². The monoisotopic (exact) mass is 356 g/mol. The van der Waals surface area contributed by atoms with Crippen LogP contribution < -0.4 is 9.64 Å². The number of hydrogen-bond donors (Lipinski definition) is 0. The molecule has 2 aromatic rings. The largest absolute Gasteiger partial charge is 0.492 e. The van der Waals surface area contributed by atoms with Crippen LogP contribution in [0.5, 0.6) is 5.75 Å². The standard InChI is InChI=1S/C20H24N2O2S/c1-3-24-18-7-5-4-6-17(18)21-11-13-22(14-12-21)20(23)9-8-19-16(2)10-15-25-19/h4-10,15H,3,11-14H2,1-2H3/b9-8+. The van der Waals surface area contributed by atoms with Gasteiger partial charge in [-0.1, -0.05) is 12.1 Å². The topological polar surface area (TPSA) is 32.8 Å². The Kier molecular flexibility index (Phi) is 5.76. The number of nitrogens with zero attached hydrogens (tertiary/aromatic N) is 2. The zero-order valence-electron chi connectivity index (χ0n) is 14.8. The average Bonchev–Trinajstić information content (AvgIpc) is 3.05. The number of anilines is 1. The number of aryl methyl sites for hydroxylation is 1. The second kappa shape index (κ2) is 8.21. The van der Waals surface area contributed by atoms with E-state index in [4.69, 9.17) is 4.74 Å². The number of ether oxygens (including phenoxy) is 1. The zero-order valence-corrected chi connectivity index (χ0v) is 15.6. The minimum absolute atomic E-state index is 0.0885. The van der Waals surface area contributed by atoms with Gasteiger partial charge >= 0.3 is 0 Å². The molecule has 0 N–H and O–H groups in total. The molecule has 1 aromatic heterocycles. The van der Waals surface area contributed by atoms with Crippen molar-refractivity contribution in [3.05, 3.63) is 52.2 Å². The summed E-state index contributed by atoms with van der Waals surface area (Å²) in [7, 11) is 0. The molecule has 0 spiro atoms. The number of para-hydroxylation sites is 2. The number of carbonyl (C=O) groups is 1. The maximum atomic E-state index is 12.4. The Hall–Kier alpha value is -2.27. The molecule has 1 aliphatic heterocycles. The predicted octanol–water partition coefficient (Wildman–Crippen LogP) is 3.82. The van der Waals surface area contributed by atoms with E-state index in [0.29, 0.717) is 6.61 Å². The molecule has 0 atom stereocenters. The fourth-order valence-electron chi connectivity index (χ4n) is 2.97. The van der Waals surface area contributed by atoms with Crippen molar-refractivity contribution in [1.82, 2.24) is 4.90 Å². The highest BCUT2D eigenvalue weighted by Crippen LogP contribution is 2.28. The SMILES string of the molecule is CCOc1ccccc1N1CCN(C(=O)/C=C/c2sccc2C)CC1. The summed E-state index contributed by atoms with van der Waals surface area (Å²) in [5.74, 6) is 1.00. The Bertz CT molecular complexity index is 746. The van der Waals surface area contributed by atoms with E-state index in [1.165, 1.54) is 5.56 Å². The van der Waals surface area contributed by atoms with Gasteiger partial charge in [0.2, 0.25) is 5.91 Å². The molecule has 1 aliphatic rings. The average molecular weight is 356 g/mol. The number of thiophene rings is 1. The molecule has 5 heteroatoms. The van der Waals surface area contributed by atoms with E-state index in [0.717, 1.165) is 42.5 Å². The van der Waals surface area contributed by atoms with Crippen molar-refractivity contribution in [2.75, 3.05) is 37.7 Å². The number of rotatable bonds is 5.